The average Bonchev–Trinajstić information content (AvgIpc) is 3.37. The van der Waals surface area contributed by atoms with Crippen molar-refractivity contribution in [2.24, 2.45) is 0 Å². The first-order valence-corrected chi connectivity index (χ1v) is 10.8. The lowest BCUT2D eigenvalue weighted by atomic mass is 10.2. The highest BCUT2D eigenvalue weighted by Gasteiger charge is 2.16. The maximum Gasteiger partial charge on any atom is 0.336 e. The molecule has 2 aromatic heterocycles. The van der Waals surface area contributed by atoms with Gasteiger partial charge in [0, 0.05) is 31.2 Å². The molecule has 2 heterocycles. The minimum Gasteiger partial charge on any atom is -0.354 e. The third-order valence-corrected chi connectivity index (χ3v) is 5.61. The Morgan fingerprint density at radius 3 is 2.39 bits per heavy atom. The second-order valence-corrected chi connectivity index (χ2v) is 7.75. The Hall–Kier alpha value is -4.39. The molecule has 164 valence electrons. The maximum atomic E-state index is 13.7. The van der Waals surface area contributed by atoms with Crippen molar-refractivity contribution in [2.75, 3.05) is 5.32 Å². The molecule has 5 rings (SSSR count). The molecule has 3 aromatic carbocycles. The lowest BCUT2D eigenvalue weighted by Crippen LogP contribution is -2.39. The van der Waals surface area contributed by atoms with Gasteiger partial charge in [0.05, 0.1) is 28.6 Å². The van der Waals surface area contributed by atoms with Crippen molar-refractivity contribution >= 4 is 22.3 Å². The quantitative estimate of drug-likeness (QED) is 0.415. The fraction of sp³-hybridized carbons (Fsp3) is 0.115. The van der Waals surface area contributed by atoms with E-state index in [2.05, 4.69) is 10.3 Å². The van der Waals surface area contributed by atoms with Crippen molar-refractivity contribution in [3.8, 4) is 5.69 Å². The van der Waals surface area contributed by atoms with Crippen LogP contribution in [-0.2, 0) is 13.1 Å². The number of para-hydroxylation sites is 4. The van der Waals surface area contributed by atoms with Crippen LogP contribution in [0.4, 0.5) is 11.4 Å². The van der Waals surface area contributed by atoms with Gasteiger partial charge in [-0.1, -0.05) is 42.5 Å². The number of aryl methyl sites for hydroxylation is 2. The van der Waals surface area contributed by atoms with Gasteiger partial charge in [-0.15, -0.1) is 0 Å². The number of imidazole rings is 1. The van der Waals surface area contributed by atoms with Crippen LogP contribution in [0.3, 0.4) is 0 Å². The molecule has 0 unspecified atom stereocenters. The predicted octanol–water partition coefficient (Wildman–Crippen LogP) is 4.18. The Balaban J connectivity index is 1.62. The molecule has 0 fully saturated rings. The molecule has 0 aliphatic heterocycles. The fourth-order valence-electron chi connectivity index (χ4n) is 4.03. The molecule has 7 nitrogen and oxygen atoms in total. The molecule has 5 aromatic rings. The first kappa shape index (κ1) is 20.5. The second-order valence-electron chi connectivity index (χ2n) is 7.75. The van der Waals surface area contributed by atoms with Crippen LogP contribution < -0.4 is 16.6 Å². The number of anilines is 2. The number of nitrogens with zero attached hydrogens (tertiary/aromatic N) is 4. The number of nitrogens with one attached hydrogen (secondary N) is 1. The van der Waals surface area contributed by atoms with Gasteiger partial charge in [0.25, 0.3) is 5.56 Å². The van der Waals surface area contributed by atoms with Crippen LogP contribution in [0, 0.1) is 0 Å². The van der Waals surface area contributed by atoms with Crippen LogP contribution in [-0.4, -0.2) is 18.7 Å². The van der Waals surface area contributed by atoms with E-state index < -0.39 is 0 Å². The summed E-state index contributed by atoms with van der Waals surface area (Å²) in [6.07, 6.45) is 6.11. The van der Waals surface area contributed by atoms with Gasteiger partial charge in [0.2, 0.25) is 0 Å². The van der Waals surface area contributed by atoms with Crippen molar-refractivity contribution in [1.82, 2.24) is 18.7 Å². The molecule has 33 heavy (non-hydrogen) atoms. The summed E-state index contributed by atoms with van der Waals surface area (Å²) in [5, 5.41) is 3.85. The molecule has 0 spiro atoms. The van der Waals surface area contributed by atoms with Gasteiger partial charge in [0.15, 0.2) is 0 Å². The molecule has 0 saturated heterocycles. The van der Waals surface area contributed by atoms with Crippen molar-refractivity contribution in [2.45, 2.75) is 19.5 Å². The van der Waals surface area contributed by atoms with E-state index in [0.29, 0.717) is 28.8 Å². The number of hydrogen-bond acceptors (Lipinski definition) is 4. The highest BCUT2D eigenvalue weighted by molar-refractivity contribution is 5.79. The normalized spacial score (nSPS) is 11.0. The Kier molecular flexibility index (Phi) is 5.59. The van der Waals surface area contributed by atoms with E-state index in [-0.39, 0.29) is 11.2 Å². The summed E-state index contributed by atoms with van der Waals surface area (Å²) in [6, 6.07) is 24.3. The topological polar surface area (TPSA) is 73.8 Å². The molecule has 0 bridgehead atoms. The Morgan fingerprint density at radius 1 is 0.818 bits per heavy atom. The summed E-state index contributed by atoms with van der Waals surface area (Å²) >= 11 is 0. The molecule has 0 aliphatic carbocycles. The van der Waals surface area contributed by atoms with E-state index in [1.165, 1.54) is 4.57 Å². The standard InChI is InChI=1S/C26H23N5O2/c32-25-21-11-4-6-13-23(21)30(17-8-16-29-18-15-27-19-29)26(33)31(25)24-14-7-5-12-22(24)28-20-9-2-1-3-10-20/h1-7,9-15,18-19,28H,8,16-17H2. The molecule has 7 heteroatoms. The maximum absolute atomic E-state index is 13.7. The third-order valence-electron chi connectivity index (χ3n) is 5.61. The van der Waals surface area contributed by atoms with Gasteiger partial charge in [0.1, 0.15) is 0 Å². The zero-order valence-electron chi connectivity index (χ0n) is 18.0. The van der Waals surface area contributed by atoms with E-state index in [1.807, 2.05) is 77.5 Å². The number of aromatic nitrogens is 4. The number of rotatable bonds is 7. The molecule has 1 N–H and O–H groups in total. The van der Waals surface area contributed by atoms with Crippen LogP contribution in [0.1, 0.15) is 6.42 Å². The molecule has 0 amide bonds. The van der Waals surface area contributed by atoms with E-state index >= 15 is 0 Å². The van der Waals surface area contributed by atoms with Crippen LogP contribution in [0.2, 0.25) is 0 Å². The van der Waals surface area contributed by atoms with Gasteiger partial charge in [-0.25, -0.2) is 14.3 Å². The molecular formula is C26H23N5O2. The van der Waals surface area contributed by atoms with E-state index in [4.69, 9.17) is 0 Å². The summed E-state index contributed by atoms with van der Waals surface area (Å²) in [4.78, 5) is 31.2. The van der Waals surface area contributed by atoms with Crippen LogP contribution >= 0.6 is 0 Å². The summed E-state index contributed by atoms with van der Waals surface area (Å²) < 4.78 is 4.93. The van der Waals surface area contributed by atoms with Gasteiger partial charge >= 0.3 is 5.69 Å². The SMILES string of the molecule is O=c1c2ccccc2n(CCCn2ccnc2)c(=O)n1-c1ccccc1Nc1ccccc1. The van der Waals surface area contributed by atoms with Crippen molar-refractivity contribution < 1.29 is 0 Å². The van der Waals surface area contributed by atoms with E-state index in [1.54, 1.807) is 29.2 Å². The lowest BCUT2D eigenvalue weighted by Gasteiger charge is -2.17. The predicted molar refractivity (Wildman–Crippen MR) is 130 cm³/mol. The largest absolute Gasteiger partial charge is 0.354 e. The molecule has 0 atom stereocenters. The summed E-state index contributed by atoms with van der Waals surface area (Å²) in [5.74, 6) is 0. The van der Waals surface area contributed by atoms with Crippen LogP contribution in [0.5, 0.6) is 0 Å². The number of hydrogen-bond donors (Lipinski definition) is 1. The van der Waals surface area contributed by atoms with E-state index in [9.17, 15) is 9.59 Å². The zero-order valence-corrected chi connectivity index (χ0v) is 18.0. The van der Waals surface area contributed by atoms with Gasteiger partial charge in [-0.05, 0) is 42.8 Å². The first-order chi connectivity index (χ1) is 16.2. The highest BCUT2D eigenvalue weighted by Crippen LogP contribution is 2.23. The Bertz CT molecular complexity index is 1500. The van der Waals surface area contributed by atoms with Crippen LogP contribution in [0.25, 0.3) is 16.6 Å². The third kappa shape index (κ3) is 4.08. The van der Waals surface area contributed by atoms with Crippen molar-refractivity contribution in [3.63, 3.8) is 0 Å². The number of fused-ring (bicyclic) bond motifs is 1. The molecule has 0 radical (unpaired) electrons. The monoisotopic (exact) mass is 437 g/mol. The minimum atomic E-state index is -0.355. The van der Waals surface area contributed by atoms with Gasteiger partial charge in [-0.2, -0.15) is 0 Å². The average molecular weight is 438 g/mol. The summed E-state index contributed by atoms with van der Waals surface area (Å²) in [6.45, 7) is 1.21. The smallest absolute Gasteiger partial charge is 0.336 e. The van der Waals surface area contributed by atoms with Gasteiger partial charge < -0.3 is 9.88 Å². The van der Waals surface area contributed by atoms with Crippen LogP contribution in [0.15, 0.2) is 107 Å². The second kappa shape index (κ2) is 9.00. The van der Waals surface area contributed by atoms with Gasteiger partial charge in [-0.3, -0.25) is 9.36 Å². The Morgan fingerprint density at radius 2 is 1.58 bits per heavy atom. The number of benzene rings is 3. The van der Waals surface area contributed by atoms with Crippen molar-refractivity contribution in [3.05, 3.63) is 118 Å². The molecule has 0 saturated carbocycles. The van der Waals surface area contributed by atoms with Crippen molar-refractivity contribution in [1.29, 1.82) is 0 Å². The molecular weight excluding hydrogens is 414 g/mol. The summed E-state index contributed by atoms with van der Waals surface area (Å²) in [7, 11) is 0. The first-order valence-electron chi connectivity index (χ1n) is 10.8. The summed E-state index contributed by atoms with van der Waals surface area (Å²) in [5.41, 5.74) is 2.03. The Labute approximate surface area is 190 Å². The lowest BCUT2D eigenvalue weighted by molar-refractivity contribution is 0.549. The minimum absolute atomic E-state index is 0.330. The highest BCUT2D eigenvalue weighted by atomic mass is 16.2. The fourth-order valence-corrected chi connectivity index (χ4v) is 4.03. The van der Waals surface area contributed by atoms with E-state index in [0.717, 1.165) is 18.7 Å². The molecule has 0 aliphatic rings. The zero-order chi connectivity index (χ0) is 22.6.